The molecule has 2 aromatic rings. The number of pyridine rings is 1. The number of aromatic hydroxyl groups is 1. The molecule has 0 radical (unpaired) electrons. The molecule has 5 rings (SSSR count). The molecule has 1 aliphatic carbocycles. The van der Waals surface area contributed by atoms with Crippen molar-refractivity contribution < 1.29 is 17.9 Å². The zero-order valence-corrected chi connectivity index (χ0v) is 19.9. The second-order valence-corrected chi connectivity index (χ2v) is 11.8. The van der Waals surface area contributed by atoms with Crippen LogP contribution < -0.4 is 4.31 Å². The molecule has 1 aromatic heterocycles. The minimum absolute atomic E-state index is 0.110. The highest BCUT2D eigenvalue weighted by atomic mass is 32.2. The predicted octanol–water partition coefficient (Wildman–Crippen LogP) is 3.61. The molecule has 0 unspecified atom stereocenters. The first-order valence-corrected chi connectivity index (χ1v) is 13.0. The number of anilines is 1. The van der Waals surface area contributed by atoms with Crippen molar-refractivity contribution in [3.63, 3.8) is 0 Å². The van der Waals surface area contributed by atoms with Gasteiger partial charge >= 0.3 is 10.2 Å². The number of hydrogen-bond acceptors (Lipinski definition) is 5. The van der Waals surface area contributed by atoms with Crippen LogP contribution in [0.25, 0.3) is 0 Å². The van der Waals surface area contributed by atoms with Crippen LogP contribution in [0.4, 0.5) is 10.1 Å². The molecule has 1 saturated carbocycles. The molecule has 7 nitrogen and oxygen atoms in total. The van der Waals surface area contributed by atoms with Gasteiger partial charge in [0, 0.05) is 38.3 Å². The van der Waals surface area contributed by atoms with E-state index in [9.17, 15) is 17.9 Å². The Hall–Kier alpha value is -2.23. The van der Waals surface area contributed by atoms with Gasteiger partial charge in [0.25, 0.3) is 0 Å². The Morgan fingerprint density at radius 2 is 2.06 bits per heavy atom. The molecular weight excluding hydrogens is 443 g/mol. The van der Waals surface area contributed by atoms with E-state index in [1.54, 1.807) is 25.4 Å². The van der Waals surface area contributed by atoms with E-state index in [4.69, 9.17) is 0 Å². The summed E-state index contributed by atoms with van der Waals surface area (Å²) in [6.45, 7) is 3.85. The minimum Gasteiger partial charge on any atom is -0.506 e. The van der Waals surface area contributed by atoms with E-state index in [-0.39, 0.29) is 11.8 Å². The lowest BCUT2D eigenvalue weighted by Gasteiger charge is -2.47. The number of hydrogen-bond donors (Lipinski definition) is 1. The molecule has 3 heterocycles. The van der Waals surface area contributed by atoms with Crippen molar-refractivity contribution in [1.82, 2.24) is 14.2 Å². The Morgan fingerprint density at radius 3 is 2.73 bits per heavy atom. The summed E-state index contributed by atoms with van der Waals surface area (Å²) in [5, 5.41) is 10.2. The maximum Gasteiger partial charge on any atom is 0.304 e. The lowest BCUT2D eigenvalue weighted by molar-refractivity contribution is 0.0992. The third-order valence-corrected chi connectivity index (χ3v) is 9.64. The monoisotopic (exact) mass is 474 g/mol. The molecule has 1 aromatic carbocycles. The first-order valence-electron chi connectivity index (χ1n) is 11.6. The second kappa shape index (κ2) is 8.21. The van der Waals surface area contributed by atoms with Crippen molar-refractivity contribution in [2.75, 3.05) is 24.4 Å². The van der Waals surface area contributed by atoms with Crippen molar-refractivity contribution in [2.24, 2.45) is 0 Å². The quantitative estimate of drug-likeness (QED) is 0.733. The SMILES string of the molecule is C[C@H]1C[C@]2(CCN1Cc1cc(C3CCC3)c(O)cn1)CN(C)S(=O)(=O)N2c1cccc(F)c1. The molecule has 2 saturated heterocycles. The zero-order chi connectivity index (χ0) is 23.4. The maximum atomic E-state index is 14.0. The molecule has 3 aliphatic rings. The summed E-state index contributed by atoms with van der Waals surface area (Å²) in [4.78, 5) is 6.78. The fourth-order valence-corrected chi connectivity index (χ4v) is 7.50. The van der Waals surface area contributed by atoms with Crippen molar-refractivity contribution in [3.05, 3.63) is 53.6 Å². The van der Waals surface area contributed by atoms with E-state index >= 15 is 0 Å². The molecule has 0 bridgehead atoms. The van der Waals surface area contributed by atoms with Crippen molar-refractivity contribution in [1.29, 1.82) is 0 Å². The van der Waals surface area contributed by atoms with E-state index in [0.717, 1.165) is 24.1 Å². The first kappa shape index (κ1) is 22.6. The Bertz CT molecular complexity index is 1160. The van der Waals surface area contributed by atoms with Crippen LogP contribution in [0.3, 0.4) is 0 Å². The number of halogens is 1. The van der Waals surface area contributed by atoms with Gasteiger partial charge in [0.05, 0.1) is 23.1 Å². The van der Waals surface area contributed by atoms with Crippen molar-refractivity contribution in [3.8, 4) is 5.75 Å². The average Bonchev–Trinajstić information content (AvgIpc) is 2.90. The van der Waals surface area contributed by atoms with Gasteiger partial charge in [-0.1, -0.05) is 12.5 Å². The van der Waals surface area contributed by atoms with Crippen LogP contribution in [-0.4, -0.2) is 59.4 Å². The van der Waals surface area contributed by atoms with Crippen LogP contribution >= 0.6 is 0 Å². The smallest absolute Gasteiger partial charge is 0.304 e. The Morgan fingerprint density at radius 1 is 1.27 bits per heavy atom. The van der Waals surface area contributed by atoms with E-state index in [2.05, 4.69) is 16.8 Å². The van der Waals surface area contributed by atoms with E-state index < -0.39 is 21.6 Å². The minimum atomic E-state index is -3.72. The zero-order valence-electron chi connectivity index (χ0n) is 19.1. The molecule has 178 valence electrons. The fraction of sp³-hybridized carbons (Fsp3) is 0.542. The normalized spacial score (nSPS) is 28.3. The molecular formula is C24H31FN4O3S. The molecule has 0 amide bonds. The van der Waals surface area contributed by atoms with E-state index in [1.807, 2.05) is 6.07 Å². The lowest BCUT2D eigenvalue weighted by Crippen LogP contribution is -2.57. The Labute approximate surface area is 195 Å². The van der Waals surface area contributed by atoms with Gasteiger partial charge in [-0.15, -0.1) is 0 Å². The summed E-state index contributed by atoms with van der Waals surface area (Å²) in [5.41, 5.74) is 1.69. The second-order valence-electron chi connectivity index (χ2n) is 9.87. The average molecular weight is 475 g/mol. The number of likely N-dealkylation sites (tertiary alicyclic amines) is 1. The predicted molar refractivity (Wildman–Crippen MR) is 125 cm³/mol. The number of benzene rings is 1. The number of nitrogens with zero attached hydrogens (tertiary/aromatic N) is 4. The summed E-state index contributed by atoms with van der Waals surface area (Å²) in [5.74, 6) is 0.255. The largest absolute Gasteiger partial charge is 0.506 e. The summed E-state index contributed by atoms with van der Waals surface area (Å²) < 4.78 is 43.2. The topological polar surface area (TPSA) is 77.0 Å². The molecule has 9 heteroatoms. The standard InChI is InChI=1S/C24H31FN4O3S/c1-17-13-24(16-27(2)33(31,32)29(24)21-8-4-7-19(25)11-21)9-10-28(17)15-20-12-22(18-5-3-6-18)23(30)14-26-20/h4,7-8,11-12,14,17-18,30H,3,5-6,9-10,13,15-16H2,1-2H3/t17-,24+/m0/s1. The summed E-state index contributed by atoms with van der Waals surface area (Å²) in [7, 11) is -2.13. The summed E-state index contributed by atoms with van der Waals surface area (Å²) in [6, 6.07) is 8.00. The van der Waals surface area contributed by atoms with E-state index in [0.29, 0.717) is 44.1 Å². The molecule has 2 atom stereocenters. The van der Waals surface area contributed by atoms with Crippen LogP contribution in [0, 0.1) is 5.82 Å². The number of aromatic nitrogens is 1. The van der Waals surface area contributed by atoms with Crippen molar-refractivity contribution >= 4 is 15.9 Å². The van der Waals surface area contributed by atoms with Gasteiger partial charge < -0.3 is 5.11 Å². The third-order valence-electron chi connectivity index (χ3n) is 7.66. The van der Waals surface area contributed by atoms with Crippen LogP contribution in [0.15, 0.2) is 36.5 Å². The summed E-state index contributed by atoms with van der Waals surface area (Å²) in [6.07, 6.45) is 6.26. The third kappa shape index (κ3) is 3.90. The lowest BCUT2D eigenvalue weighted by atomic mass is 9.79. The highest BCUT2D eigenvalue weighted by molar-refractivity contribution is 7.90. The molecule has 1 N–H and O–H groups in total. The van der Waals surface area contributed by atoms with Gasteiger partial charge in [0.15, 0.2) is 0 Å². The Balaban J connectivity index is 1.38. The van der Waals surface area contributed by atoms with Gasteiger partial charge in [-0.25, -0.2) is 4.39 Å². The summed E-state index contributed by atoms with van der Waals surface area (Å²) >= 11 is 0. The number of likely N-dealkylation sites (N-methyl/N-ethyl adjacent to an activating group) is 1. The number of piperidine rings is 1. The van der Waals surface area contributed by atoms with Gasteiger partial charge in [0.2, 0.25) is 0 Å². The highest BCUT2D eigenvalue weighted by Crippen LogP contribution is 2.44. The molecule has 2 aliphatic heterocycles. The van der Waals surface area contributed by atoms with E-state index in [1.165, 1.54) is 27.2 Å². The fourth-order valence-electron chi connectivity index (χ4n) is 5.72. The molecule has 1 spiro atoms. The van der Waals surface area contributed by atoms with Crippen LogP contribution in [0.5, 0.6) is 5.75 Å². The van der Waals surface area contributed by atoms with Gasteiger partial charge in [0.1, 0.15) is 11.6 Å². The highest BCUT2D eigenvalue weighted by Gasteiger charge is 2.55. The maximum absolute atomic E-state index is 14.0. The van der Waals surface area contributed by atoms with Gasteiger partial charge in [-0.05, 0) is 62.8 Å². The Kier molecular flexibility index (Phi) is 5.61. The molecule has 3 fully saturated rings. The van der Waals surface area contributed by atoms with Gasteiger partial charge in [-0.3, -0.25) is 14.2 Å². The van der Waals surface area contributed by atoms with Crippen LogP contribution in [0.1, 0.15) is 56.2 Å². The van der Waals surface area contributed by atoms with Crippen LogP contribution in [-0.2, 0) is 16.8 Å². The van der Waals surface area contributed by atoms with Gasteiger partial charge in [-0.2, -0.15) is 12.7 Å². The molecule has 33 heavy (non-hydrogen) atoms. The first-order chi connectivity index (χ1) is 15.7. The van der Waals surface area contributed by atoms with Crippen molar-refractivity contribution in [2.45, 2.75) is 63.1 Å². The number of rotatable bonds is 4. The van der Waals surface area contributed by atoms with Crippen LogP contribution in [0.2, 0.25) is 0 Å².